The highest BCUT2D eigenvalue weighted by atomic mass is 16.5. The van der Waals surface area contributed by atoms with E-state index < -0.39 is 0 Å². The number of ether oxygens (including phenoxy) is 1. The summed E-state index contributed by atoms with van der Waals surface area (Å²) in [6.07, 6.45) is 0. The van der Waals surface area contributed by atoms with Gasteiger partial charge in [0.05, 0.1) is 18.8 Å². The van der Waals surface area contributed by atoms with E-state index in [-0.39, 0.29) is 28.9 Å². The number of aromatic hydroxyl groups is 2. The van der Waals surface area contributed by atoms with Crippen LogP contribution >= 0.6 is 0 Å². The molecule has 6 nitrogen and oxygen atoms in total. The minimum atomic E-state index is -0.325. The maximum absolute atomic E-state index is 12.9. The highest BCUT2D eigenvalue weighted by Crippen LogP contribution is 2.33. The van der Waals surface area contributed by atoms with Crippen molar-refractivity contribution in [3.8, 4) is 11.5 Å². The van der Waals surface area contributed by atoms with Crippen LogP contribution in [0.1, 0.15) is 35.7 Å². The largest absolute Gasteiger partial charge is 0.508 e. The molecule has 0 aromatic heterocycles. The van der Waals surface area contributed by atoms with Crippen LogP contribution in [-0.4, -0.2) is 49.5 Å². The second-order valence-corrected chi connectivity index (χ2v) is 7.06. The van der Waals surface area contributed by atoms with Gasteiger partial charge >= 0.3 is 0 Å². The number of carbonyl (C=O) groups excluding carboxylic acids is 1. The molecule has 6 heteroatoms. The average Bonchev–Trinajstić information content (AvgIpc) is 2.67. The van der Waals surface area contributed by atoms with E-state index in [1.807, 2.05) is 38.1 Å². The molecule has 2 N–H and O–H groups in total. The highest BCUT2D eigenvalue weighted by Gasteiger charge is 2.21. The minimum Gasteiger partial charge on any atom is -0.508 e. The summed E-state index contributed by atoms with van der Waals surface area (Å²) in [5.41, 5.74) is 2.64. The fourth-order valence-corrected chi connectivity index (χ4v) is 3.23. The fraction of sp³-hybridized carbons (Fsp3) is 0.381. The molecule has 0 bridgehead atoms. The van der Waals surface area contributed by atoms with E-state index >= 15 is 0 Å². The van der Waals surface area contributed by atoms with Crippen LogP contribution in [-0.2, 0) is 4.74 Å². The Morgan fingerprint density at radius 2 is 1.70 bits per heavy atom. The Hall–Kier alpha value is -2.73. The van der Waals surface area contributed by atoms with Crippen molar-refractivity contribution in [2.45, 2.75) is 19.8 Å². The molecule has 1 heterocycles. The number of anilines is 2. The maximum Gasteiger partial charge on any atom is 0.261 e. The van der Waals surface area contributed by atoms with Crippen molar-refractivity contribution >= 4 is 17.3 Å². The van der Waals surface area contributed by atoms with Crippen LogP contribution in [0.3, 0.4) is 0 Å². The Balaban J connectivity index is 1.82. The predicted molar refractivity (Wildman–Crippen MR) is 106 cm³/mol. The molecular weight excluding hydrogens is 344 g/mol. The molecule has 1 fully saturated rings. The Labute approximate surface area is 159 Å². The van der Waals surface area contributed by atoms with E-state index in [0.29, 0.717) is 5.56 Å². The molecule has 1 aliphatic heterocycles. The lowest BCUT2D eigenvalue weighted by atomic mass is 9.98. The molecule has 3 rings (SSSR count). The number of amides is 1. The van der Waals surface area contributed by atoms with E-state index in [9.17, 15) is 15.0 Å². The van der Waals surface area contributed by atoms with Crippen LogP contribution < -0.4 is 9.80 Å². The van der Waals surface area contributed by atoms with Crippen LogP contribution in [0.15, 0.2) is 36.4 Å². The van der Waals surface area contributed by atoms with Gasteiger partial charge in [0, 0.05) is 37.6 Å². The van der Waals surface area contributed by atoms with E-state index in [1.165, 1.54) is 11.0 Å². The molecule has 0 radical (unpaired) electrons. The molecule has 0 spiro atoms. The van der Waals surface area contributed by atoms with Crippen LogP contribution in [0.2, 0.25) is 0 Å². The van der Waals surface area contributed by atoms with Crippen molar-refractivity contribution in [3.05, 3.63) is 47.5 Å². The number of morpholine rings is 1. The van der Waals surface area contributed by atoms with Gasteiger partial charge in [0.15, 0.2) is 0 Å². The summed E-state index contributed by atoms with van der Waals surface area (Å²) in [6, 6.07) is 10.6. The van der Waals surface area contributed by atoms with Crippen molar-refractivity contribution in [2.75, 3.05) is 43.2 Å². The van der Waals surface area contributed by atoms with E-state index in [1.54, 1.807) is 13.1 Å². The van der Waals surface area contributed by atoms with Gasteiger partial charge in [-0.25, -0.2) is 0 Å². The second-order valence-electron chi connectivity index (χ2n) is 7.06. The van der Waals surface area contributed by atoms with Gasteiger partial charge in [-0.1, -0.05) is 13.8 Å². The van der Waals surface area contributed by atoms with Crippen molar-refractivity contribution in [2.24, 2.45) is 0 Å². The molecule has 2 aromatic rings. The SMILES string of the molecule is CC(C)c1cc(C(=O)N(C)c2ccc(N3CCOCC3)cc2)c(O)cc1O. The molecule has 0 atom stereocenters. The normalized spacial score (nSPS) is 14.4. The quantitative estimate of drug-likeness (QED) is 0.864. The van der Waals surface area contributed by atoms with Crippen molar-refractivity contribution in [1.82, 2.24) is 0 Å². The Morgan fingerprint density at radius 1 is 1.07 bits per heavy atom. The molecule has 0 aliphatic carbocycles. The Morgan fingerprint density at radius 3 is 2.30 bits per heavy atom. The fourth-order valence-electron chi connectivity index (χ4n) is 3.23. The Bertz CT molecular complexity index is 812. The van der Waals surface area contributed by atoms with Crippen LogP contribution in [0.25, 0.3) is 0 Å². The van der Waals surface area contributed by atoms with Gasteiger partial charge < -0.3 is 24.7 Å². The zero-order chi connectivity index (χ0) is 19.6. The van der Waals surface area contributed by atoms with Gasteiger partial charge in [0.1, 0.15) is 11.5 Å². The van der Waals surface area contributed by atoms with Gasteiger partial charge in [-0.05, 0) is 41.8 Å². The highest BCUT2D eigenvalue weighted by molar-refractivity contribution is 6.07. The standard InChI is InChI=1S/C21H26N2O4/c1-14(2)17-12-18(20(25)13-19(17)24)21(26)22(3)15-4-6-16(7-5-15)23-8-10-27-11-9-23/h4-7,12-14,24-25H,8-11H2,1-3H3. The predicted octanol–water partition coefficient (Wildman–Crippen LogP) is 3.33. The third-order valence-corrected chi connectivity index (χ3v) is 4.92. The summed E-state index contributed by atoms with van der Waals surface area (Å²) in [4.78, 5) is 16.6. The van der Waals surface area contributed by atoms with E-state index in [0.717, 1.165) is 37.7 Å². The van der Waals surface area contributed by atoms with Gasteiger partial charge in [-0.15, -0.1) is 0 Å². The van der Waals surface area contributed by atoms with Crippen molar-refractivity contribution in [1.29, 1.82) is 0 Å². The Kier molecular flexibility index (Phi) is 5.56. The first-order valence-corrected chi connectivity index (χ1v) is 9.15. The topological polar surface area (TPSA) is 73.2 Å². The number of hydrogen-bond acceptors (Lipinski definition) is 5. The molecule has 27 heavy (non-hydrogen) atoms. The van der Waals surface area contributed by atoms with Crippen molar-refractivity contribution in [3.63, 3.8) is 0 Å². The number of rotatable bonds is 4. The zero-order valence-electron chi connectivity index (χ0n) is 16.0. The summed E-state index contributed by atoms with van der Waals surface area (Å²) in [5.74, 6) is -0.515. The van der Waals surface area contributed by atoms with Crippen LogP contribution in [0, 0.1) is 0 Å². The number of hydrogen-bond donors (Lipinski definition) is 2. The maximum atomic E-state index is 12.9. The van der Waals surface area contributed by atoms with E-state index in [4.69, 9.17) is 4.74 Å². The molecule has 144 valence electrons. The smallest absolute Gasteiger partial charge is 0.261 e. The first-order chi connectivity index (χ1) is 12.9. The molecule has 2 aromatic carbocycles. The summed E-state index contributed by atoms with van der Waals surface area (Å²) in [7, 11) is 1.67. The number of phenolic OH excluding ortho intramolecular Hbond substituents is 2. The zero-order valence-corrected chi connectivity index (χ0v) is 16.0. The summed E-state index contributed by atoms with van der Waals surface area (Å²) in [5, 5.41) is 20.1. The first-order valence-electron chi connectivity index (χ1n) is 9.15. The molecule has 1 amide bonds. The summed E-state index contributed by atoms with van der Waals surface area (Å²) >= 11 is 0. The monoisotopic (exact) mass is 370 g/mol. The van der Waals surface area contributed by atoms with Gasteiger partial charge in [0.25, 0.3) is 5.91 Å². The molecule has 0 unspecified atom stereocenters. The van der Waals surface area contributed by atoms with E-state index in [2.05, 4.69) is 4.90 Å². The molecular formula is C21H26N2O4. The third kappa shape index (κ3) is 4.01. The number of benzene rings is 2. The second kappa shape index (κ2) is 7.88. The lowest BCUT2D eigenvalue weighted by Gasteiger charge is -2.29. The summed E-state index contributed by atoms with van der Waals surface area (Å²) < 4.78 is 5.37. The van der Waals surface area contributed by atoms with Gasteiger partial charge in [0.2, 0.25) is 0 Å². The number of nitrogens with zero attached hydrogens (tertiary/aromatic N) is 2. The van der Waals surface area contributed by atoms with Crippen molar-refractivity contribution < 1.29 is 19.7 Å². The molecule has 0 saturated carbocycles. The first kappa shape index (κ1) is 19.0. The van der Waals surface area contributed by atoms with Gasteiger partial charge in [-0.2, -0.15) is 0 Å². The van der Waals surface area contributed by atoms with Gasteiger partial charge in [-0.3, -0.25) is 4.79 Å². The third-order valence-electron chi connectivity index (χ3n) is 4.92. The lowest BCUT2D eigenvalue weighted by Crippen LogP contribution is -2.36. The minimum absolute atomic E-state index is 0.00318. The molecule has 1 aliphatic rings. The molecule has 1 saturated heterocycles. The summed E-state index contributed by atoms with van der Waals surface area (Å²) in [6.45, 7) is 7.00. The van der Waals surface area contributed by atoms with Crippen LogP contribution in [0.4, 0.5) is 11.4 Å². The number of phenols is 2. The number of carbonyl (C=O) groups is 1. The van der Waals surface area contributed by atoms with Crippen LogP contribution in [0.5, 0.6) is 11.5 Å². The lowest BCUT2D eigenvalue weighted by molar-refractivity contribution is 0.0990. The average molecular weight is 370 g/mol.